The number of ketones is 3. The first-order valence-corrected chi connectivity index (χ1v) is 38.8. The molecule has 2 amide bonds. The smallest absolute Gasteiger partial charge is 0.410 e. The number of carbonyl (C=O) groups excluding carboxylic acids is 5. The number of piperazine rings is 3. The molecule has 0 bridgehead atoms. The van der Waals surface area contributed by atoms with Crippen LogP contribution >= 0.6 is 72.5 Å². The summed E-state index contributed by atoms with van der Waals surface area (Å²) in [5, 5.41) is 14.6. The van der Waals surface area contributed by atoms with Gasteiger partial charge in [-0.1, -0.05) is 93.7 Å². The number of amidine groups is 1. The number of alkyl halides is 7. The van der Waals surface area contributed by atoms with Gasteiger partial charge in [-0.3, -0.25) is 14.4 Å². The van der Waals surface area contributed by atoms with Gasteiger partial charge in [0.05, 0.1) is 5.33 Å². The van der Waals surface area contributed by atoms with Gasteiger partial charge in [-0.25, -0.2) is 19.6 Å². The van der Waals surface area contributed by atoms with E-state index >= 15 is 0 Å². The predicted octanol–water partition coefficient (Wildman–Crippen LogP) is 15.5. The van der Waals surface area contributed by atoms with Crippen LogP contribution in [0.25, 0.3) is 0 Å². The highest BCUT2D eigenvalue weighted by atomic mass is 79.9. The number of hydrogen-bond acceptors (Lipinski definition) is 24. The minimum Gasteiger partial charge on any atom is -0.444 e. The fraction of sp³-hybridized carbons (Fsp3) is 0.347. The van der Waals surface area contributed by atoms with E-state index in [1.165, 1.54) is 78.5 Å². The third kappa shape index (κ3) is 28.8. The number of hydrogen-bond donors (Lipinski definition) is 7. The monoisotopic (exact) mass is 1710 g/mol. The van der Waals surface area contributed by atoms with Crippen LogP contribution in [0.5, 0.6) is 17.2 Å². The first kappa shape index (κ1) is 89.5. The zero-order valence-corrected chi connectivity index (χ0v) is 68.6. The summed E-state index contributed by atoms with van der Waals surface area (Å²) in [6, 6.07) is 40.5. The van der Waals surface area contributed by atoms with Gasteiger partial charge in [0, 0.05) is 129 Å². The SMILES string of the molecule is CC(C)(C)OC(=O)N1CCN(c2ccc(Nc3nc(N)c(C(=O)c4cccc(OC(F)F)c4)s3)cc2)CC1.CCSC(N)=NC(=S)Nc1ccc(N2CCN(C(=O)OC(C)(C)C)CC2)cc1.Nc1nc(Nc2ccc(N3CCNCC3)cc2)sc1C(=O)c1cccc(OC(F)F)c1.O=C(CBr)c1cccc(OC(F)F)c1.P. The Kier molecular flexibility index (Phi) is 34.2. The molecule has 0 saturated carbocycles. The van der Waals surface area contributed by atoms with Crippen LogP contribution in [-0.2, 0) is 9.47 Å². The van der Waals surface area contributed by atoms with Crippen LogP contribution in [0.1, 0.15) is 89.3 Å². The Bertz CT molecular complexity index is 4450. The predicted molar refractivity (Wildman–Crippen MR) is 445 cm³/mol. The molecule has 112 heavy (non-hydrogen) atoms. The molecular weight excluding hydrogens is 1620 g/mol. The third-order valence-corrected chi connectivity index (χ3v) is 19.1. The Morgan fingerprint density at radius 1 is 0.554 bits per heavy atom. The molecule has 6 aromatic carbocycles. The molecule has 602 valence electrons. The number of halogens is 7. The number of nitrogens with one attached hydrogen (secondary N) is 4. The fourth-order valence-electron chi connectivity index (χ4n) is 10.7. The van der Waals surface area contributed by atoms with Crippen molar-refractivity contribution in [3.8, 4) is 17.2 Å². The maximum atomic E-state index is 12.9. The molecule has 0 radical (unpaired) electrons. The van der Waals surface area contributed by atoms with Crippen molar-refractivity contribution in [1.29, 1.82) is 0 Å². The highest BCUT2D eigenvalue weighted by Gasteiger charge is 2.29. The normalized spacial score (nSPS) is 13.7. The number of thiazole rings is 2. The molecule has 10 N–H and O–H groups in total. The van der Waals surface area contributed by atoms with Gasteiger partial charge < -0.3 is 86.7 Å². The third-order valence-electron chi connectivity index (χ3n) is 15.8. The summed E-state index contributed by atoms with van der Waals surface area (Å²) < 4.78 is 97.3. The number of nitrogen functional groups attached to an aromatic ring is 2. The summed E-state index contributed by atoms with van der Waals surface area (Å²) in [5.74, 6) is -0.252. The lowest BCUT2D eigenvalue weighted by Crippen LogP contribution is -2.50. The Morgan fingerprint density at radius 3 is 1.25 bits per heavy atom. The molecule has 25 nitrogen and oxygen atoms in total. The molecule has 8 aromatic rings. The molecule has 0 spiro atoms. The van der Waals surface area contributed by atoms with Crippen molar-refractivity contribution in [3.63, 3.8) is 0 Å². The van der Waals surface area contributed by atoms with E-state index in [-0.39, 0.29) is 83.0 Å². The van der Waals surface area contributed by atoms with E-state index in [1.807, 2.05) is 121 Å². The minimum absolute atomic E-state index is 0. The molecule has 3 aliphatic heterocycles. The Hall–Kier alpha value is -9.71. The number of nitrogens with zero attached hydrogens (tertiary/aromatic N) is 8. The van der Waals surface area contributed by atoms with Crippen LogP contribution in [0, 0.1) is 0 Å². The zero-order valence-electron chi connectivity index (χ0n) is 62.4. The molecule has 1 unspecified atom stereocenters. The second kappa shape index (κ2) is 42.8. The van der Waals surface area contributed by atoms with Crippen molar-refractivity contribution in [2.45, 2.75) is 79.5 Å². The molecule has 3 aliphatic rings. The molecular formula is C75H89BrF6N15O10PS4. The van der Waals surface area contributed by atoms with E-state index in [0.29, 0.717) is 65.4 Å². The van der Waals surface area contributed by atoms with Crippen molar-refractivity contribution in [2.24, 2.45) is 10.7 Å². The van der Waals surface area contributed by atoms with E-state index < -0.39 is 42.6 Å². The molecule has 5 heterocycles. The van der Waals surface area contributed by atoms with E-state index in [2.05, 4.69) is 81.1 Å². The summed E-state index contributed by atoms with van der Waals surface area (Å²) in [7, 11) is 0. The minimum atomic E-state index is -2.99. The first-order valence-electron chi connectivity index (χ1n) is 34.7. The van der Waals surface area contributed by atoms with Gasteiger partial charge in [-0.15, -0.1) is 0 Å². The number of Topliss-reactive ketones (excluding diaryl/α,β-unsaturated/α-hetero) is 1. The zero-order chi connectivity index (χ0) is 80.5. The molecule has 1 atom stereocenters. The number of carbonyl (C=O) groups is 5. The average Bonchev–Trinajstić information content (AvgIpc) is 1.67. The standard InChI is InChI=1S/C26H29F2N5O4S.C21H21F2N5O2S.C19H29N5O2S2.C9H7BrF2O2.H3P/c1-26(2,3)37-25(35)33-13-11-32(12-14-33)18-9-7-17(8-10-18)30-24-31-22(29)21(38-24)20(34)16-5-4-6-19(15-16)36-23(27)28;22-20(23)30-16-3-1-2-13(12-16)17(29)18-19(24)27-21(31-18)26-14-4-6-15(7-5-14)28-10-8-25-9-11-28;1-5-28-16(20)22-17(27)21-14-6-8-15(9-7-14)23-10-12-24(13-11-23)18(25)26-19(2,3)4;10-5-8(13)6-2-1-3-7(4-6)14-9(11)12;/h4-10,15,23H,11-14,29H2,1-3H3,(H,30,31);1-7,12,20,25H,8-11,24H2,(H,26,27);6-9H,5,10-13H2,1-4H3,(H3,20,21,22,27);1-4,9H,5H2;1H3. The molecule has 2 aromatic heterocycles. The lowest BCUT2D eigenvalue weighted by atomic mass is 10.1. The molecule has 3 saturated heterocycles. The van der Waals surface area contributed by atoms with Crippen LogP contribution in [0.4, 0.5) is 92.0 Å². The number of amides is 2. The topological polar surface area (TPSA) is 312 Å². The van der Waals surface area contributed by atoms with Gasteiger partial charge >= 0.3 is 32.0 Å². The van der Waals surface area contributed by atoms with Crippen LogP contribution < -0.4 is 67.4 Å². The maximum Gasteiger partial charge on any atom is 0.410 e. The quantitative estimate of drug-likeness (QED) is 0.00668. The average molecular weight is 1710 g/mol. The number of ether oxygens (including phenoxy) is 5. The van der Waals surface area contributed by atoms with E-state index in [4.69, 9.17) is 38.9 Å². The number of anilines is 10. The number of nitrogens with two attached hydrogens (primary N) is 3. The van der Waals surface area contributed by atoms with Crippen LogP contribution in [-0.4, -0.2) is 180 Å². The van der Waals surface area contributed by atoms with Gasteiger partial charge in [0.1, 0.15) is 49.8 Å². The van der Waals surface area contributed by atoms with Crippen molar-refractivity contribution >= 4 is 168 Å². The Balaban J connectivity index is 0.000000216. The Labute approximate surface area is 674 Å². The van der Waals surface area contributed by atoms with E-state index in [9.17, 15) is 50.3 Å². The van der Waals surface area contributed by atoms with Gasteiger partial charge in [0.2, 0.25) is 11.6 Å². The van der Waals surface area contributed by atoms with Crippen molar-refractivity contribution in [3.05, 3.63) is 172 Å². The summed E-state index contributed by atoms with van der Waals surface area (Å²) in [6.45, 7) is 13.5. The van der Waals surface area contributed by atoms with Gasteiger partial charge in [0.15, 0.2) is 26.3 Å². The second-order valence-electron chi connectivity index (χ2n) is 26.3. The van der Waals surface area contributed by atoms with E-state index in [1.54, 1.807) is 15.9 Å². The van der Waals surface area contributed by atoms with Gasteiger partial charge in [-0.05, 0) is 169 Å². The number of aromatic nitrogens is 2. The summed E-state index contributed by atoms with van der Waals surface area (Å²) >= 11 is 11.8. The largest absolute Gasteiger partial charge is 0.444 e. The molecule has 3 fully saturated rings. The first-order chi connectivity index (χ1) is 52.8. The summed E-state index contributed by atoms with van der Waals surface area (Å²) in [6.07, 6.45) is -0.548. The Morgan fingerprint density at radius 2 is 0.902 bits per heavy atom. The molecule has 37 heteroatoms. The van der Waals surface area contributed by atoms with Gasteiger partial charge in [-0.2, -0.15) is 41.2 Å². The maximum absolute atomic E-state index is 12.9. The highest BCUT2D eigenvalue weighted by molar-refractivity contribution is 9.09. The second-order valence-corrected chi connectivity index (χ2v) is 30.5. The number of thioether (sulfide) groups is 1. The number of benzene rings is 6. The lowest BCUT2D eigenvalue weighted by Gasteiger charge is -2.36. The van der Waals surface area contributed by atoms with Crippen molar-refractivity contribution in [2.75, 3.05) is 132 Å². The van der Waals surface area contributed by atoms with Crippen molar-refractivity contribution in [1.82, 2.24) is 25.1 Å². The van der Waals surface area contributed by atoms with Crippen LogP contribution in [0.15, 0.2) is 151 Å². The number of aliphatic imine (C=N–C) groups is 1. The van der Waals surface area contributed by atoms with E-state index in [0.717, 1.165) is 102 Å². The number of thiocarbonyl (C=S) groups is 1. The molecule has 11 rings (SSSR count). The summed E-state index contributed by atoms with van der Waals surface area (Å²) in [5.41, 5.74) is 23.1. The number of rotatable bonds is 21. The summed E-state index contributed by atoms with van der Waals surface area (Å²) in [4.78, 5) is 84.6. The highest BCUT2D eigenvalue weighted by Crippen LogP contribution is 2.34. The molecule has 0 aliphatic carbocycles. The van der Waals surface area contributed by atoms with Crippen LogP contribution in [0.2, 0.25) is 0 Å². The van der Waals surface area contributed by atoms with Gasteiger partial charge in [0.25, 0.3) is 0 Å². The van der Waals surface area contributed by atoms with Crippen molar-refractivity contribution < 1.29 is 74.0 Å². The fourth-order valence-corrected chi connectivity index (χ4v) is 13.5. The van der Waals surface area contributed by atoms with Crippen LogP contribution in [0.3, 0.4) is 0 Å². The lowest BCUT2D eigenvalue weighted by molar-refractivity contribution is -0.0505.